The predicted octanol–water partition coefficient (Wildman–Crippen LogP) is 9.04. The fourth-order valence-corrected chi connectivity index (χ4v) is 3.67. The van der Waals surface area contributed by atoms with Crippen LogP contribution in [0.3, 0.4) is 0 Å². The molecule has 0 N–H and O–H groups in total. The molecule has 0 saturated heterocycles. The highest BCUT2D eigenvalue weighted by Gasteiger charge is 2.22. The molecule has 0 spiro atoms. The lowest BCUT2D eigenvalue weighted by Gasteiger charge is -2.11. The summed E-state index contributed by atoms with van der Waals surface area (Å²) in [4.78, 5) is 0. The summed E-state index contributed by atoms with van der Waals surface area (Å²) < 4.78 is 73.9. The molecule has 0 aliphatic heterocycles. The number of rotatable bonds is 8. The van der Waals surface area contributed by atoms with Gasteiger partial charge in [0.05, 0.1) is 5.39 Å². The van der Waals surface area contributed by atoms with E-state index in [4.69, 9.17) is 0 Å². The minimum Gasteiger partial charge on any atom is -0.205 e. The van der Waals surface area contributed by atoms with Crippen molar-refractivity contribution in [2.24, 2.45) is 0 Å². The van der Waals surface area contributed by atoms with Crippen LogP contribution in [0.5, 0.6) is 0 Å². The summed E-state index contributed by atoms with van der Waals surface area (Å²) in [5.41, 5.74) is 0.233. The van der Waals surface area contributed by atoms with Crippen LogP contribution in [-0.4, -0.2) is 0 Å². The molecule has 172 valence electrons. The van der Waals surface area contributed by atoms with Gasteiger partial charge in [-0.1, -0.05) is 54.6 Å². The van der Waals surface area contributed by atoms with Crippen LogP contribution in [0, 0.1) is 17.5 Å². The second-order valence-corrected chi connectivity index (χ2v) is 7.73. The van der Waals surface area contributed by atoms with Gasteiger partial charge in [0.2, 0.25) is 0 Å². The maximum atomic E-state index is 15.0. The predicted molar refractivity (Wildman–Crippen MR) is 126 cm³/mol. The third-order valence-electron chi connectivity index (χ3n) is 5.49. The lowest BCUT2D eigenvalue weighted by Crippen LogP contribution is -2.00. The summed E-state index contributed by atoms with van der Waals surface area (Å²) in [7, 11) is 0. The van der Waals surface area contributed by atoms with Gasteiger partial charge in [0.25, 0.3) is 0 Å². The van der Waals surface area contributed by atoms with Crippen molar-refractivity contribution in [1.82, 2.24) is 0 Å². The molecular weight excluding hydrogens is 431 g/mol. The lowest BCUT2D eigenvalue weighted by atomic mass is 9.98. The highest BCUT2D eigenvalue weighted by atomic mass is 19.2. The maximum Gasteiger partial charge on any atom is 0.169 e. The second-order valence-electron chi connectivity index (χ2n) is 7.73. The van der Waals surface area contributed by atoms with Crippen LogP contribution in [0.15, 0.2) is 66.8 Å². The van der Waals surface area contributed by atoms with Crippen molar-refractivity contribution < 1.29 is 22.0 Å². The summed E-state index contributed by atoms with van der Waals surface area (Å²) in [6, 6.07) is 9.83. The van der Waals surface area contributed by atoms with Gasteiger partial charge >= 0.3 is 0 Å². The van der Waals surface area contributed by atoms with Gasteiger partial charge < -0.3 is 0 Å². The first kappa shape index (κ1) is 24.4. The van der Waals surface area contributed by atoms with Crippen molar-refractivity contribution >= 4 is 22.4 Å². The van der Waals surface area contributed by atoms with Crippen molar-refractivity contribution in [2.45, 2.75) is 39.5 Å². The van der Waals surface area contributed by atoms with Gasteiger partial charge in [0, 0.05) is 11.1 Å². The molecule has 0 atom stereocenters. The Balaban J connectivity index is 1.98. The molecule has 0 heterocycles. The molecule has 33 heavy (non-hydrogen) atoms. The summed E-state index contributed by atoms with van der Waals surface area (Å²) in [6.45, 7) is 3.73. The van der Waals surface area contributed by atoms with Crippen LogP contribution in [0.1, 0.15) is 48.9 Å². The molecule has 0 nitrogen and oxygen atoms in total. The van der Waals surface area contributed by atoms with Crippen LogP contribution in [-0.2, 0) is 12.8 Å². The van der Waals surface area contributed by atoms with Crippen LogP contribution in [0.4, 0.5) is 22.0 Å². The molecule has 0 aliphatic rings. The number of hydrogen-bond donors (Lipinski definition) is 0. The number of hydrogen-bond acceptors (Lipinski definition) is 0. The molecule has 0 saturated carbocycles. The summed E-state index contributed by atoms with van der Waals surface area (Å²) in [5.74, 6) is -6.65. The van der Waals surface area contributed by atoms with Gasteiger partial charge in [0.15, 0.2) is 23.3 Å². The van der Waals surface area contributed by atoms with Crippen molar-refractivity contribution in [3.63, 3.8) is 0 Å². The summed E-state index contributed by atoms with van der Waals surface area (Å²) in [6.07, 6.45) is 9.84. The second kappa shape index (κ2) is 11.1. The molecule has 3 aromatic rings. The van der Waals surface area contributed by atoms with Crippen LogP contribution >= 0.6 is 0 Å². The third kappa shape index (κ3) is 5.41. The molecule has 0 fully saturated rings. The smallest absolute Gasteiger partial charge is 0.169 e. The van der Waals surface area contributed by atoms with E-state index in [1.807, 2.05) is 32.1 Å². The van der Waals surface area contributed by atoms with E-state index in [1.165, 1.54) is 24.3 Å². The first-order valence-corrected chi connectivity index (χ1v) is 10.8. The Labute approximate surface area is 190 Å². The van der Waals surface area contributed by atoms with E-state index in [2.05, 4.69) is 0 Å². The molecule has 5 heteroatoms. The fraction of sp³-hybridized carbons (Fsp3) is 0.214. The number of allylic oxidation sites excluding steroid dienone is 4. The van der Waals surface area contributed by atoms with E-state index in [1.54, 1.807) is 18.2 Å². The molecule has 0 bridgehead atoms. The molecule has 0 aromatic heterocycles. The van der Waals surface area contributed by atoms with Crippen LogP contribution in [0.2, 0.25) is 0 Å². The number of aryl methyl sites for hydroxylation is 2. The lowest BCUT2D eigenvalue weighted by molar-refractivity contribution is 0.502. The van der Waals surface area contributed by atoms with Gasteiger partial charge in [-0.2, -0.15) is 0 Å². The zero-order valence-electron chi connectivity index (χ0n) is 18.6. The minimum absolute atomic E-state index is 0.0623. The normalized spacial score (nSPS) is 12.8. The Morgan fingerprint density at radius 3 is 2.00 bits per heavy atom. The topological polar surface area (TPSA) is 0 Å². The van der Waals surface area contributed by atoms with Crippen molar-refractivity contribution in [3.05, 3.63) is 106 Å². The quantitative estimate of drug-likeness (QED) is 0.180. The Morgan fingerprint density at radius 1 is 0.727 bits per heavy atom. The third-order valence-corrected chi connectivity index (χ3v) is 5.49. The maximum absolute atomic E-state index is 15.0. The van der Waals surface area contributed by atoms with Gasteiger partial charge in [-0.15, -0.1) is 0 Å². The van der Waals surface area contributed by atoms with E-state index in [0.717, 1.165) is 24.5 Å². The first-order valence-electron chi connectivity index (χ1n) is 10.8. The van der Waals surface area contributed by atoms with Gasteiger partial charge in [-0.3, -0.25) is 0 Å². The van der Waals surface area contributed by atoms with E-state index in [9.17, 15) is 17.6 Å². The molecule has 0 amide bonds. The molecule has 3 aromatic carbocycles. The molecular formula is C28H25F5. The standard InChI is InChI=1S/C28H25F5/c1-3-5-7-9-18-11-13-19(14-12-18)24(29)27(32)22-16-15-20-17-21(10-8-6-4-2)25(30)28(33)23(20)26(22)31/h3-6,11-17H,7-10H2,1-2H3/b5-3+,6-4+,27-24?. The van der Waals surface area contributed by atoms with Crippen molar-refractivity contribution in [3.8, 4) is 0 Å². The average Bonchev–Trinajstić information content (AvgIpc) is 2.82. The molecule has 3 rings (SSSR count). The van der Waals surface area contributed by atoms with Gasteiger partial charge in [-0.05, 0) is 68.2 Å². The molecule has 0 aliphatic carbocycles. The van der Waals surface area contributed by atoms with Crippen LogP contribution in [0.25, 0.3) is 22.4 Å². The highest BCUT2D eigenvalue weighted by Crippen LogP contribution is 2.35. The number of fused-ring (bicyclic) bond motifs is 1. The summed E-state index contributed by atoms with van der Waals surface area (Å²) in [5, 5.41) is -0.605. The Hall–Kier alpha value is -3.21. The molecule has 0 radical (unpaired) electrons. The number of benzene rings is 3. The van der Waals surface area contributed by atoms with Crippen LogP contribution < -0.4 is 0 Å². The van der Waals surface area contributed by atoms with Gasteiger partial charge in [-0.25, -0.2) is 22.0 Å². The monoisotopic (exact) mass is 456 g/mol. The Bertz CT molecular complexity index is 1220. The van der Waals surface area contributed by atoms with E-state index < -0.39 is 40.1 Å². The summed E-state index contributed by atoms with van der Waals surface area (Å²) >= 11 is 0. The van der Waals surface area contributed by atoms with E-state index in [0.29, 0.717) is 6.42 Å². The molecule has 0 unspecified atom stereocenters. The van der Waals surface area contributed by atoms with Crippen molar-refractivity contribution in [2.75, 3.05) is 0 Å². The van der Waals surface area contributed by atoms with Crippen molar-refractivity contribution in [1.29, 1.82) is 0 Å². The highest BCUT2D eigenvalue weighted by molar-refractivity contribution is 5.91. The average molecular weight is 456 g/mol. The number of halogens is 5. The SMILES string of the molecule is C/C=C/CCc1ccc(C(F)=C(F)c2ccc3cc(CC/C=C/C)c(F)c(F)c3c2F)cc1. The minimum atomic E-state index is -1.46. The zero-order valence-corrected chi connectivity index (χ0v) is 18.6. The van der Waals surface area contributed by atoms with E-state index in [-0.39, 0.29) is 22.9 Å². The van der Waals surface area contributed by atoms with Gasteiger partial charge in [0.1, 0.15) is 5.82 Å². The Morgan fingerprint density at radius 2 is 1.36 bits per heavy atom. The van der Waals surface area contributed by atoms with E-state index >= 15 is 4.39 Å². The first-order chi connectivity index (χ1) is 15.9. The Kier molecular flexibility index (Phi) is 8.21. The fourth-order valence-electron chi connectivity index (χ4n) is 3.67. The zero-order chi connectivity index (χ0) is 24.0. The largest absolute Gasteiger partial charge is 0.205 e.